The van der Waals surface area contributed by atoms with Gasteiger partial charge in [-0.2, -0.15) is 13.2 Å². The number of nitrogens with one attached hydrogen (secondary N) is 1. The highest BCUT2D eigenvalue weighted by Crippen LogP contribution is 2.35. The summed E-state index contributed by atoms with van der Waals surface area (Å²) in [4.78, 5) is 1.19. The van der Waals surface area contributed by atoms with E-state index in [2.05, 4.69) is 4.72 Å². The van der Waals surface area contributed by atoms with E-state index in [9.17, 15) is 21.6 Å². The first-order chi connectivity index (χ1) is 11.1. The Morgan fingerprint density at radius 3 is 2.54 bits per heavy atom. The van der Waals surface area contributed by atoms with Crippen molar-refractivity contribution in [3.8, 4) is 0 Å². The number of alkyl halides is 3. The van der Waals surface area contributed by atoms with E-state index in [0.717, 1.165) is 12.1 Å². The molecule has 1 aromatic rings. The number of benzene rings is 1. The quantitative estimate of drug-likeness (QED) is 0.844. The number of ether oxygens (including phenoxy) is 1. The van der Waals surface area contributed by atoms with Crippen LogP contribution < -0.4 is 4.72 Å². The zero-order chi connectivity index (χ0) is 18.0. The summed E-state index contributed by atoms with van der Waals surface area (Å²) >= 11 is 5.57. The van der Waals surface area contributed by atoms with Gasteiger partial charge in [-0.3, -0.25) is 4.90 Å². The van der Waals surface area contributed by atoms with Gasteiger partial charge in [-0.05, 0) is 25.1 Å². The molecule has 0 amide bonds. The summed E-state index contributed by atoms with van der Waals surface area (Å²) < 4.78 is 71.3. The number of sulfonamides is 1. The van der Waals surface area contributed by atoms with Crippen molar-refractivity contribution in [2.24, 2.45) is 0 Å². The van der Waals surface area contributed by atoms with Crippen molar-refractivity contribution < 1.29 is 26.3 Å². The summed E-state index contributed by atoms with van der Waals surface area (Å²) in [6.07, 6.45) is -4.81. The van der Waals surface area contributed by atoms with Crippen LogP contribution >= 0.6 is 11.6 Å². The Morgan fingerprint density at radius 1 is 1.33 bits per heavy atom. The number of hydrogen-bond donors (Lipinski definition) is 1. The minimum atomic E-state index is -4.81. The summed E-state index contributed by atoms with van der Waals surface area (Å²) in [5, 5.41) is -0.178. The van der Waals surface area contributed by atoms with E-state index in [1.165, 1.54) is 0 Å². The Bertz CT molecular complexity index is 676. The fourth-order valence-corrected chi connectivity index (χ4v) is 3.91. The SMILES string of the molecule is C[C@H](CNS(=O)(=O)c1ccc(Cl)cc1C(F)(F)F)N1CCOCC1. The Labute approximate surface area is 143 Å². The molecular formula is C14H18ClF3N2O3S. The second-order valence-corrected chi connectivity index (χ2v) is 7.66. The van der Waals surface area contributed by atoms with Crippen molar-refractivity contribution in [2.45, 2.75) is 24.0 Å². The topological polar surface area (TPSA) is 58.6 Å². The van der Waals surface area contributed by atoms with Gasteiger partial charge in [-0.25, -0.2) is 13.1 Å². The van der Waals surface area contributed by atoms with Crippen LogP contribution in [0.3, 0.4) is 0 Å². The van der Waals surface area contributed by atoms with Gasteiger partial charge in [0, 0.05) is 30.7 Å². The number of nitrogens with zero attached hydrogens (tertiary/aromatic N) is 1. The smallest absolute Gasteiger partial charge is 0.379 e. The van der Waals surface area contributed by atoms with Crippen LogP contribution in [-0.4, -0.2) is 52.2 Å². The van der Waals surface area contributed by atoms with Crippen LogP contribution in [0.1, 0.15) is 12.5 Å². The van der Waals surface area contributed by atoms with Crippen LogP contribution in [0.25, 0.3) is 0 Å². The molecule has 0 unspecified atom stereocenters. The fraction of sp³-hybridized carbons (Fsp3) is 0.571. The Kier molecular flexibility index (Phi) is 6.14. The van der Waals surface area contributed by atoms with Crippen LogP contribution in [-0.2, 0) is 20.9 Å². The third-order valence-corrected chi connectivity index (χ3v) is 5.49. The second kappa shape index (κ2) is 7.57. The maximum absolute atomic E-state index is 13.1. The van der Waals surface area contributed by atoms with Crippen molar-refractivity contribution in [2.75, 3.05) is 32.8 Å². The largest absolute Gasteiger partial charge is 0.417 e. The molecule has 1 aromatic carbocycles. The average molecular weight is 387 g/mol. The van der Waals surface area contributed by atoms with Gasteiger partial charge in [0.25, 0.3) is 0 Å². The van der Waals surface area contributed by atoms with Crippen molar-refractivity contribution in [1.82, 2.24) is 9.62 Å². The first-order valence-electron chi connectivity index (χ1n) is 7.29. The zero-order valence-electron chi connectivity index (χ0n) is 12.9. The van der Waals surface area contributed by atoms with E-state index >= 15 is 0 Å². The molecule has 1 aliphatic heterocycles. The molecule has 1 atom stereocenters. The molecule has 136 valence electrons. The maximum Gasteiger partial charge on any atom is 0.417 e. The summed E-state index contributed by atoms with van der Waals surface area (Å²) in [6, 6.07) is 2.44. The van der Waals surface area contributed by atoms with Crippen LogP contribution in [0, 0.1) is 0 Å². The molecule has 5 nitrogen and oxygen atoms in total. The number of hydrogen-bond acceptors (Lipinski definition) is 4. The zero-order valence-corrected chi connectivity index (χ0v) is 14.5. The van der Waals surface area contributed by atoms with Gasteiger partial charge >= 0.3 is 6.18 Å². The van der Waals surface area contributed by atoms with Crippen molar-refractivity contribution >= 4 is 21.6 Å². The molecule has 1 aliphatic rings. The molecule has 1 fully saturated rings. The van der Waals surface area contributed by atoms with E-state index < -0.39 is 26.7 Å². The summed E-state index contributed by atoms with van der Waals surface area (Å²) in [7, 11) is -4.31. The third kappa shape index (κ3) is 4.82. The molecule has 1 heterocycles. The van der Waals surface area contributed by atoms with Crippen molar-refractivity contribution in [3.05, 3.63) is 28.8 Å². The Morgan fingerprint density at radius 2 is 1.96 bits per heavy atom. The Hall–Kier alpha value is -0.870. The highest BCUT2D eigenvalue weighted by Gasteiger charge is 2.37. The lowest BCUT2D eigenvalue weighted by molar-refractivity contribution is -0.139. The average Bonchev–Trinajstić information content (AvgIpc) is 2.52. The Balaban J connectivity index is 2.15. The van der Waals surface area contributed by atoms with E-state index in [-0.39, 0.29) is 17.6 Å². The molecule has 0 radical (unpaired) electrons. The molecule has 1 N–H and O–H groups in total. The molecule has 0 saturated carbocycles. The molecule has 0 spiro atoms. The molecule has 0 aromatic heterocycles. The van der Waals surface area contributed by atoms with Gasteiger partial charge in [-0.1, -0.05) is 11.6 Å². The molecule has 2 rings (SSSR count). The molecule has 0 bridgehead atoms. The molecular weight excluding hydrogens is 369 g/mol. The van der Waals surface area contributed by atoms with E-state index in [0.29, 0.717) is 32.4 Å². The first kappa shape index (κ1) is 19.5. The lowest BCUT2D eigenvalue weighted by Gasteiger charge is -2.32. The van der Waals surface area contributed by atoms with Crippen molar-refractivity contribution in [1.29, 1.82) is 0 Å². The van der Waals surface area contributed by atoms with Gasteiger partial charge in [0.05, 0.1) is 23.7 Å². The predicted octanol–water partition coefficient (Wildman–Crippen LogP) is 2.36. The van der Waals surface area contributed by atoms with E-state index in [4.69, 9.17) is 16.3 Å². The summed E-state index contributed by atoms with van der Waals surface area (Å²) in [5.41, 5.74) is -1.28. The highest BCUT2D eigenvalue weighted by molar-refractivity contribution is 7.89. The number of halogens is 4. The second-order valence-electron chi connectivity index (χ2n) is 5.49. The third-order valence-electron chi connectivity index (χ3n) is 3.77. The molecule has 1 saturated heterocycles. The van der Waals surface area contributed by atoms with Gasteiger partial charge in [0.2, 0.25) is 10.0 Å². The van der Waals surface area contributed by atoms with Crippen LogP contribution in [0.5, 0.6) is 0 Å². The lowest BCUT2D eigenvalue weighted by atomic mass is 10.2. The van der Waals surface area contributed by atoms with Gasteiger partial charge < -0.3 is 4.74 Å². The van der Waals surface area contributed by atoms with Crippen LogP contribution in [0.15, 0.2) is 23.1 Å². The minimum Gasteiger partial charge on any atom is -0.379 e. The summed E-state index contributed by atoms with van der Waals surface area (Å²) in [5.74, 6) is 0. The predicted molar refractivity (Wildman–Crippen MR) is 83.5 cm³/mol. The highest BCUT2D eigenvalue weighted by atomic mass is 35.5. The minimum absolute atomic E-state index is 0.00224. The van der Waals surface area contributed by atoms with E-state index in [1.807, 2.05) is 4.90 Å². The normalized spacial score (nSPS) is 18.5. The molecule has 24 heavy (non-hydrogen) atoms. The fourth-order valence-electron chi connectivity index (χ4n) is 2.41. The molecule has 0 aliphatic carbocycles. The monoisotopic (exact) mass is 386 g/mol. The van der Waals surface area contributed by atoms with Gasteiger partial charge in [-0.15, -0.1) is 0 Å². The number of morpholine rings is 1. The van der Waals surface area contributed by atoms with Crippen LogP contribution in [0.2, 0.25) is 5.02 Å². The standard InChI is InChI=1S/C14H18ClF3N2O3S/c1-10(20-4-6-23-7-5-20)9-19-24(21,22)13-3-2-11(15)8-12(13)14(16,17)18/h2-3,8,10,19H,4-7,9H2,1H3/t10-/m1/s1. The lowest BCUT2D eigenvalue weighted by Crippen LogP contribution is -2.47. The number of rotatable bonds is 5. The maximum atomic E-state index is 13.1. The first-order valence-corrected chi connectivity index (χ1v) is 9.15. The van der Waals surface area contributed by atoms with E-state index in [1.54, 1.807) is 6.92 Å². The summed E-state index contributed by atoms with van der Waals surface area (Å²) in [6.45, 7) is 4.21. The van der Waals surface area contributed by atoms with Crippen LogP contribution in [0.4, 0.5) is 13.2 Å². The van der Waals surface area contributed by atoms with Gasteiger partial charge in [0.1, 0.15) is 0 Å². The van der Waals surface area contributed by atoms with Gasteiger partial charge in [0.15, 0.2) is 0 Å². The van der Waals surface area contributed by atoms with Crippen molar-refractivity contribution in [3.63, 3.8) is 0 Å². The molecule has 10 heteroatoms.